The highest BCUT2D eigenvalue weighted by atomic mass is 79.9. The van der Waals surface area contributed by atoms with Crippen LogP contribution in [0, 0.1) is 13.8 Å². The van der Waals surface area contributed by atoms with Crippen molar-refractivity contribution in [2.24, 2.45) is 0 Å². The largest absolute Gasteiger partial charge is 0.496 e. The van der Waals surface area contributed by atoms with Crippen LogP contribution in [0.4, 0.5) is 0 Å². The Bertz CT molecular complexity index is 647. The van der Waals surface area contributed by atoms with E-state index in [9.17, 15) is 4.79 Å². The Morgan fingerprint density at radius 1 is 1.20 bits per heavy atom. The second-order valence-corrected chi connectivity index (χ2v) is 5.80. The van der Waals surface area contributed by atoms with Crippen molar-refractivity contribution < 1.29 is 9.53 Å². The number of halogens is 1. The molecule has 3 heteroatoms. The highest BCUT2D eigenvalue weighted by molar-refractivity contribution is 9.10. The summed E-state index contributed by atoms with van der Waals surface area (Å²) < 4.78 is 6.34. The standard InChI is InChI=1S/C17H17BrO2/c1-11-7-12(2)17(16(8-11)20-3)15(19)10-13-5-4-6-14(18)9-13/h4-9H,10H2,1-3H3. The molecule has 0 atom stereocenters. The normalized spacial score (nSPS) is 10.4. The van der Waals surface area contributed by atoms with E-state index in [-0.39, 0.29) is 5.78 Å². The van der Waals surface area contributed by atoms with E-state index in [1.165, 1.54) is 0 Å². The van der Waals surface area contributed by atoms with Crippen molar-refractivity contribution in [1.29, 1.82) is 0 Å². The van der Waals surface area contributed by atoms with Gasteiger partial charge in [0.15, 0.2) is 5.78 Å². The molecule has 0 fully saturated rings. The molecule has 0 N–H and O–H groups in total. The zero-order valence-electron chi connectivity index (χ0n) is 11.9. The topological polar surface area (TPSA) is 26.3 Å². The van der Waals surface area contributed by atoms with Gasteiger partial charge in [0.05, 0.1) is 12.7 Å². The van der Waals surface area contributed by atoms with Gasteiger partial charge in [0.2, 0.25) is 0 Å². The van der Waals surface area contributed by atoms with Crippen LogP contribution in [0.5, 0.6) is 5.75 Å². The molecule has 0 unspecified atom stereocenters. The van der Waals surface area contributed by atoms with Gasteiger partial charge in [0.1, 0.15) is 5.75 Å². The first-order valence-corrected chi connectivity index (χ1v) is 7.23. The number of ether oxygens (including phenoxy) is 1. The Hall–Kier alpha value is -1.61. The number of ketones is 1. The molecular weight excluding hydrogens is 316 g/mol. The fourth-order valence-electron chi connectivity index (χ4n) is 2.37. The summed E-state index contributed by atoms with van der Waals surface area (Å²) in [4.78, 5) is 12.5. The van der Waals surface area contributed by atoms with Crippen molar-refractivity contribution in [3.05, 3.63) is 63.1 Å². The van der Waals surface area contributed by atoms with Crippen LogP contribution >= 0.6 is 15.9 Å². The van der Waals surface area contributed by atoms with Gasteiger partial charge in [-0.3, -0.25) is 4.79 Å². The summed E-state index contributed by atoms with van der Waals surface area (Å²) in [5.41, 5.74) is 3.73. The van der Waals surface area contributed by atoms with Gasteiger partial charge in [-0.25, -0.2) is 0 Å². The number of aryl methyl sites for hydroxylation is 2. The second kappa shape index (κ2) is 6.23. The molecule has 0 aromatic heterocycles. The minimum Gasteiger partial charge on any atom is -0.496 e. The lowest BCUT2D eigenvalue weighted by Gasteiger charge is -2.12. The molecular formula is C17H17BrO2. The summed E-state index contributed by atoms with van der Waals surface area (Å²) in [6, 6.07) is 11.7. The molecule has 20 heavy (non-hydrogen) atoms. The van der Waals surface area contributed by atoms with Crippen LogP contribution < -0.4 is 4.74 Å². The van der Waals surface area contributed by atoms with E-state index in [1.54, 1.807) is 7.11 Å². The molecule has 0 radical (unpaired) electrons. The van der Waals surface area contributed by atoms with Gasteiger partial charge >= 0.3 is 0 Å². The van der Waals surface area contributed by atoms with Crippen molar-refractivity contribution in [3.8, 4) is 5.75 Å². The molecule has 0 heterocycles. The Morgan fingerprint density at radius 2 is 1.95 bits per heavy atom. The first kappa shape index (κ1) is 14.8. The monoisotopic (exact) mass is 332 g/mol. The van der Waals surface area contributed by atoms with Gasteiger partial charge in [-0.15, -0.1) is 0 Å². The van der Waals surface area contributed by atoms with E-state index < -0.39 is 0 Å². The zero-order valence-corrected chi connectivity index (χ0v) is 13.5. The van der Waals surface area contributed by atoms with Gasteiger partial charge in [-0.1, -0.05) is 34.1 Å². The van der Waals surface area contributed by atoms with Crippen molar-refractivity contribution in [3.63, 3.8) is 0 Å². The van der Waals surface area contributed by atoms with Crippen molar-refractivity contribution in [2.75, 3.05) is 7.11 Å². The van der Waals surface area contributed by atoms with Crippen LogP contribution in [-0.2, 0) is 6.42 Å². The number of hydrogen-bond acceptors (Lipinski definition) is 2. The van der Waals surface area contributed by atoms with Crippen LogP contribution in [0.2, 0.25) is 0 Å². The number of hydrogen-bond donors (Lipinski definition) is 0. The Labute approximate surface area is 127 Å². The van der Waals surface area contributed by atoms with Crippen LogP contribution in [0.3, 0.4) is 0 Å². The van der Waals surface area contributed by atoms with Gasteiger partial charge in [-0.2, -0.15) is 0 Å². The van der Waals surface area contributed by atoms with Gasteiger partial charge in [-0.05, 0) is 48.7 Å². The fourth-order valence-corrected chi connectivity index (χ4v) is 2.81. The molecule has 0 aliphatic carbocycles. The SMILES string of the molecule is COc1cc(C)cc(C)c1C(=O)Cc1cccc(Br)c1. The molecule has 2 nitrogen and oxygen atoms in total. The summed E-state index contributed by atoms with van der Waals surface area (Å²) in [5, 5.41) is 0. The molecule has 2 aromatic rings. The molecule has 0 amide bonds. The lowest BCUT2D eigenvalue weighted by Crippen LogP contribution is -2.08. The molecule has 0 bridgehead atoms. The molecule has 0 saturated carbocycles. The van der Waals surface area contributed by atoms with E-state index >= 15 is 0 Å². The third kappa shape index (κ3) is 3.28. The van der Waals surface area contributed by atoms with Crippen molar-refractivity contribution >= 4 is 21.7 Å². The van der Waals surface area contributed by atoms with E-state index in [4.69, 9.17) is 4.74 Å². The fraction of sp³-hybridized carbons (Fsp3) is 0.235. The lowest BCUT2D eigenvalue weighted by molar-refractivity contribution is 0.0989. The Morgan fingerprint density at radius 3 is 2.60 bits per heavy atom. The summed E-state index contributed by atoms with van der Waals surface area (Å²) in [5.74, 6) is 0.736. The quantitative estimate of drug-likeness (QED) is 0.770. The molecule has 104 valence electrons. The van der Waals surface area contributed by atoms with E-state index in [1.807, 2.05) is 50.2 Å². The number of carbonyl (C=O) groups excluding carboxylic acids is 1. The number of carbonyl (C=O) groups is 1. The maximum Gasteiger partial charge on any atom is 0.171 e. The average molecular weight is 333 g/mol. The van der Waals surface area contributed by atoms with Crippen LogP contribution in [0.1, 0.15) is 27.0 Å². The smallest absolute Gasteiger partial charge is 0.171 e. The third-order valence-electron chi connectivity index (χ3n) is 3.20. The first-order valence-electron chi connectivity index (χ1n) is 6.44. The summed E-state index contributed by atoms with van der Waals surface area (Å²) in [7, 11) is 1.60. The number of rotatable bonds is 4. The molecule has 0 saturated heterocycles. The van der Waals surface area contributed by atoms with E-state index in [0.29, 0.717) is 17.7 Å². The minimum atomic E-state index is 0.0810. The van der Waals surface area contributed by atoms with Gasteiger partial charge in [0, 0.05) is 10.9 Å². The highest BCUT2D eigenvalue weighted by Gasteiger charge is 2.16. The average Bonchev–Trinajstić information content (AvgIpc) is 2.37. The molecule has 0 aliphatic heterocycles. The first-order chi connectivity index (χ1) is 9.51. The predicted octanol–water partition coefficient (Wildman–Crippen LogP) is 4.50. The highest BCUT2D eigenvalue weighted by Crippen LogP contribution is 2.26. The number of methoxy groups -OCH3 is 1. The van der Waals surface area contributed by atoms with Crippen molar-refractivity contribution in [2.45, 2.75) is 20.3 Å². The molecule has 2 aromatic carbocycles. The molecule has 2 rings (SSSR count). The van der Waals surface area contributed by atoms with Crippen LogP contribution in [0.15, 0.2) is 40.9 Å². The van der Waals surface area contributed by atoms with Crippen LogP contribution in [0.25, 0.3) is 0 Å². The Balaban J connectivity index is 2.34. The maximum absolute atomic E-state index is 12.5. The summed E-state index contributed by atoms with van der Waals surface area (Å²) in [6.07, 6.45) is 0.375. The maximum atomic E-state index is 12.5. The van der Waals surface area contributed by atoms with Crippen LogP contribution in [-0.4, -0.2) is 12.9 Å². The van der Waals surface area contributed by atoms with Gasteiger partial charge < -0.3 is 4.74 Å². The second-order valence-electron chi connectivity index (χ2n) is 4.89. The van der Waals surface area contributed by atoms with E-state index in [2.05, 4.69) is 15.9 Å². The van der Waals surface area contributed by atoms with Crippen molar-refractivity contribution in [1.82, 2.24) is 0 Å². The molecule has 0 spiro atoms. The number of Topliss-reactive ketones (excluding diaryl/α,β-unsaturated/α-hetero) is 1. The Kier molecular flexibility index (Phi) is 4.61. The summed E-state index contributed by atoms with van der Waals surface area (Å²) >= 11 is 3.42. The summed E-state index contributed by atoms with van der Waals surface area (Å²) in [6.45, 7) is 3.95. The van der Waals surface area contributed by atoms with Gasteiger partial charge in [0.25, 0.3) is 0 Å². The number of benzene rings is 2. The zero-order chi connectivity index (χ0) is 14.7. The lowest BCUT2D eigenvalue weighted by atomic mass is 9.96. The van der Waals surface area contributed by atoms with E-state index in [0.717, 1.165) is 21.2 Å². The third-order valence-corrected chi connectivity index (χ3v) is 3.69. The predicted molar refractivity (Wildman–Crippen MR) is 84.6 cm³/mol. The molecule has 0 aliphatic rings. The minimum absolute atomic E-state index is 0.0810.